The van der Waals surface area contributed by atoms with Gasteiger partial charge in [0.25, 0.3) is 0 Å². The minimum Gasteiger partial charge on any atom is -0.326 e. The largest absolute Gasteiger partial charge is 0.326 e. The Morgan fingerprint density at radius 2 is 2.28 bits per heavy atom. The number of thioether (sulfide) groups is 1. The monoisotopic (exact) mass is 298 g/mol. The molecular formula is C13H15ClN2S2. The van der Waals surface area contributed by atoms with E-state index >= 15 is 0 Å². The molecule has 0 spiro atoms. The zero-order valence-electron chi connectivity index (χ0n) is 10.0. The number of thiophene rings is 1. The molecule has 0 aliphatic rings. The van der Waals surface area contributed by atoms with Gasteiger partial charge in [0, 0.05) is 17.1 Å². The molecule has 2 nitrogen and oxygen atoms in total. The third-order valence-corrected chi connectivity index (χ3v) is 5.30. The van der Waals surface area contributed by atoms with Gasteiger partial charge in [0.2, 0.25) is 0 Å². The van der Waals surface area contributed by atoms with Crippen molar-refractivity contribution in [2.75, 3.05) is 0 Å². The third-order valence-electron chi connectivity index (χ3n) is 2.63. The highest BCUT2D eigenvalue weighted by molar-refractivity contribution is 7.99. The summed E-state index contributed by atoms with van der Waals surface area (Å²) in [7, 11) is 0. The van der Waals surface area contributed by atoms with E-state index in [0.29, 0.717) is 5.02 Å². The summed E-state index contributed by atoms with van der Waals surface area (Å²) in [6, 6.07) is 8.13. The number of pyridine rings is 1. The van der Waals surface area contributed by atoms with Crippen LogP contribution in [0.1, 0.15) is 23.5 Å². The Kier molecular flexibility index (Phi) is 5.06. The minimum absolute atomic E-state index is 0.131. The van der Waals surface area contributed by atoms with E-state index in [4.69, 9.17) is 17.3 Å². The molecule has 2 aromatic rings. The normalized spacial score (nSPS) is 14.4. The zero-order valence-corrected chi connectivity index (χ0v) is 12.4. The molecule has 2 N–H and O–H groups in total. The first-order valence-electron chi connectivity index (χ1n) is 5.78. The third kappa shape index (κ3) is 3.48. The molecule has 0 aliphatic heterocycles. The first-order valence-corrected chi connectivity index (χ1v) is 7.91. The van der Waals surface area contributed by atoms with E-state index in [9.17, 15) is 0 Å². The van der Waals surface area contributed by atoms with Crippen molar-refractivity contribution >= 4 is 34.7 Å². The number of hydrogen-bond acceptors (Lipinski definition) is 4. The Morgan fingerprint density at radius 1 is 1.44 bits per heavy atom. The first kappa shape index (κ1) is 13.9. The van der Waals surface area contributed by atoms with E-state index in [2.05, 4.69) is 29.4 Å². The average Bonchev–Trinajstić information content (AvgIpc) is 2.91. The van der Waals surface area contributed by atoms with Crippen LogP contribution in [0.3, 0.4) is 0 Å². The second-order valence-corrected chi connectivity index (χ2v) is 6.52. The fourth-order valence-corrected chi connectivity index (χ4v) is 3.87. The van der Waals surface area contributed by atoms with E-state index in [-0.39, 0.29) is 11.3 Å². The summed E-state index contributed by atoms with van der Waals surface area (Å²) in [5.41, 5.74) is 6.22. The van der Waals surface area contributed by atoms with Crippen LogP contribution in [-0.2, 0) is 0 Å². The molecule has 0 fully saturated rings. The lowest BCUT2D eigenvalue weighted by atomic mass is 10.1. The Morgan fingerprint density at radius 3 is 2.83 bits per heavy atom. The predicted molar refractivity (Wildman–Crippen MR) is 80.4 cm³/mol. The van der Waals surface area contributed by atoms with Gasteiger partial charge in [-0.1, -0.05) is 36.4 Å². The molecule has 2 rings (SSSR count). The van der Waals surface area contributed by atoms with Crippen molar-refractivity contribution in [3.63, 3.8) is 0 Å². The molecule has 0 saturated carbocycles. The predicted octanol–water partition coefficient (Wildman–Crippen LogP) is 4.37. The molecule has 0 radical (unpaired) electrons. The molecule has 5 heteroatoms. The second kappa shape index (κ2) is 6.57. The Labute approximate surface area is 121 Å². The quantitative estimate of drug-likeness (QED) is 0.833. The molecule has 0 amide bonds. The van der Waals surface area contributed by atoms with Crippen molar-refractivity contribution < 1.29 is 0 Å². The summed E-state index contributed by atoms with van der Waals surface area (Å²) in [5, 5.41) is 3.96. The molecule has 2 atom stereocenters. The topological polar surface area (TPSA) is 38.9 Å². The zero-order chi connectivity index (χ0) is 13.0. The summed E-state index contributed by atoms with van der Waals surface area (Å²) in [6.45, 7) is 2.11. The summed E-state index contributed by atoms with van der Waals surface area (Å²) < 4.78 is 0. The number of nitrogens with two attached hydrogens (primary N) is 1. The van der Waals surface area contributed by atoms with Gasteiger partial charge in [0.1, 0.15) is 0 Å². The van der Waals surface area contributed by atoms with E-state index in [1.807, 2.05) is 12.1 Å². The van der Waals surface area contributed by atoms with Crippen LogP contribution in [0.5, 0.6) is 0 Å². The number of rotatable bonds is 5. The van der Waals surface area contributed by atoms with Gasteiger partial charge in [-0.3, -0.25) is 0 Å². The van der Waals surface area contributed by atoms with Crippen LogP contribution in [-0.4, -0.2) is 11.0 Å². The SMILES string of the molecule is CCC(N)C(Sc1ccc(Cl)cn1)c1cccs1. The molecule has 0 saturated heterocycles. The van der Waals surface area contributed by atoms with Crippen molar-refractivity contribution in [2.24, 2.45) is 5.73 Å². The second-order valence-electron chi connectivity index (χ2n) is 3.94. The van der Waals surface area contributed by atoms with Gasteiger partial charge in [-0.05, 0) is 30.0 Å². The van der Waals surface area contributed by atoms with Crippen molar-refractivity contribution in [3.8, 4) is 0 Å². The molecule has 2 heterocycles. The molecule has 2 aromatic heterocycles. The highest BCUT2D eigenvalue weighted by Gasteiger charge is 2.21. The van der Waals surface area contributed by atoms with Gasteiger partial charge in [0.05, 0.1) is 15.3 Å². The Hall–Kier alpha value is -0.550. The number of halogens is 1. The van der Waals surface area contributed by atoms with Gasteiger partial charge < -0.3 is 5.73 Å². The fourth-order valence-electron chi connectivity index (χ4n) is 1.59. The minimum atomic E-state index is 0.131. The lowest BCUT2D eigenvalue weighted by molar-refractivity contribution is 0.639. The summed E-state index contributed by atoms with van der Waals surface area (Å²) in [6.07, 6.45) is 2.62. The van der Waals surface area contributed by atoms with Crippen LogP contribution in [0.2, 0.25) is 5.02 Å². The van der Waals surface area contributed by atoms with E-state index < -0.39 is 0 Å². The number of aromatic nitrogens is 1. The smallest absolute Gasteiger partial charge is 0.0967 e. The molecule has 18 heavy (non-hydrogen) atoms. The van der Waals surface area contributed by atoms with Gasteiger partial charge in [0.15, 0.2) is 0 Å². The number of hydrogen-bond donors (Lipinski definition) is 1. The highest BCUT2D eigenvalue weighted by atomic mass is 35.5. The van der Waals surface area contributed by atoms with Crippen LogP contribution in [0.25, 0.3) is 0 Å². The van der Waals surface area contributed by atoms with Crippen molar-refractivity contribution in [1.82, 2.24) is 4.98 Å². The summed E-state index contributed by atoms with van der Waals surface area (Å²) in [4.78, 5) is 5.62. The lowest BCUT2D eigenvalue weighted by Crippen LogP contribution is -2.25. The van der Waals surface area contributed by atoms with E-state index in [1.165, 1.54) is 4.88 Å². The van der Waals surface area contributed by atoms with Crippen LogP contribution in [0.4, 0.5) is 0 Å². The van der Waals surface area contributed by atoms with Crippen LogP contribution in [0.15, 0.2) is 40.9 Å². The van der Waals surface area contributed by atoms with Crippen molar-refractivity contribution in [2.45, 2.75) is 29.7 Å². The molecule has 0 bridgehead atoms. The van der Waals surface area contributed by atoms with Gasteiger partial charge >= 0.3 is 0 Å². The van der Waals surface area contributed by atoms with Crippen LogP contribution >= 0.6 is 34.7 Å². The van der Waals surface area contributed by atoms with Gasteiger partial charge in [-0.25, -0.2) is 4.98 Å². The maximum atomic E-state index is 6.22. The fraction of sp³-hybridized carbons (Fsp3) is 0.308. The summed E-state index contributed by atoms with van der Waals surface area (Å²) >= 11 is 9.29. The van der Waals surface area contributed by atoms with Crippen molar-refractivity contribution in [3.05, 3.63) is 45.7 Å². The van der Waals surface area contributed by atoms with Gasteiger partial charge in [-0.2, -0.15) is 0 Å². The maximum absolute atomic E-state index is 6.22. The van der Waals surface area contributed by atoms with E-state index in [0.717, 1.165) is 11.4 Å². The average molecular weight is 299 g/mol. The molecule has 96 valence electrons. The summed E-state index contributed by atoms with van der Waals surface area (Å²) in [5.74, 6) is 0. The Bertz CT molecular complexity index is 470. The van der Waals surface area contributed by atoms with Gasteiger partial charge in [-0.15, -0.1) is 11.3 Å². The van der Waals surface area contributed by atoms with E-state index in [1.54, 1.807) is 29.3 Å². The lowest BCUT2D eigenvalue weighted by Gasteiger charge is -2.20. The number of nitrogens with zero attached hydrogens (tertiary/aromatic N) is 1. The van der Waals surface area contributed by atoms with Crippen molar-refractivity contribution in [1.29, 1.82) is 0 Å². The first-order chi connectivity index (χ1) is 8.70. The Balaban J connectivity index is 2.17. The molecule has 0 aliphatic carbocycles. The van der Waals surface area contributed by atoms with Crippen LogP contribution in [0, 0.1) is 0 Å². The maximum Gasteiger partial charge on any atom is 0.0967 e. The molecule has 0 aromatic carbocycles. The molecular weight excluding hydrogens is 284 g/mol. The molecule has 2 unspecified atom stereocenters. The highest BCUT2D eigenvalue weighted by Crippen LogP contribution is 2.39. The standard InChI is InChI=1S/C13H15ClN2S2/c1-2-10(15)13(11-4-3-7-17-11)18-12-6-5-9(14)8-16-12/h3-8,10,13H,2,15H2,1H3. The van der Waals surface area contributed by atoms with Crippen LogP contribution < -0.4 is 5.73 Å².